The van der Waals surface area contributed by atoms with Gasteiger partial charge in [0.2, 0.25) is 10.0 Å². The molecule has 0 unspecified atom stereocenters. The lowest BCUT2D eigenvalue weighted by Gasteiger charge is -2.19. The molecule has 0 atom stereocenters. The molecule has 0 saturated carbocycles. The number of benzene rings is 1. The summed E-state index contributed by atoms with van der Waals surface area (Å²) in [4.78, 5) is 0. The zero-order valence-electron chi connectivity index (χ0n) is 12.9. The van der Waals surface area contributed by atoms with Crippen LogP contribution in [0.25, 0.3) is 0 Å². The molecule has 0 bridgehead atoms. The summed E-state index contributed by atoms with van der Waals surface area (Å²) >= 11 is 0. The molecule has 0 aliphatic heterocycles. The predicted octanol–water partition coefficient (Wildman–Crippen LogP) is 2.21. The van der Waals surface area contributed by atoms with Crippen molar-refractivity contribution in [2.75, 3.05) is 20.1 Å². The molecule has 1 N–H and O–H groups in total. The third-order valence-corrected chi connectivity index (χ3v) is 4.81. The maximum absolute atomic E-state index is 12.3. The third-order valence-electron chi connectivity index (χ3n) is 3.02. The van der Waals surface area contributed by atoms with Crippen LogP contribution in [-0.2, 0) is 22.3 Å². The van der Waals surface area contributed by atoms with E-state index in [-0.39, 0.29) is 5.75 Å². The average Bonchev–Trinajstić information content (AvgIpc) is 2.35. The van der Waals surface area contributed by atoms with E-state index in [0.29, 0.717) is 12.5 Å². The maximum Gasteiger partial charge on any atom is 0.218 e. The second-order valence-corrected chi connectivity index (χ2v) is 7.61. The molecule has 0 heterocycles. The van der Waals surface area contributed by atoms with Gasteiger partial charge in [-0.3, -0.25) is 0 Å². The lowest BCUT2D eigenvalue weighted by molar-refractivity contribution is 0.416. The fraction of sp³-hybridized carbons (Fsp3) is 0.600. The summed E-state index contributed by atoms with van der Waals surface area (Å²) in [5, 5.41) is 3.24. The monoisotopic (exact) mass is 298 g/mol. The Kier molecular flexibility index (Phi) is 6.65. The van der Waals surface area contributed by atoms with Crippen LogP contribution in [0.5, 0.6) is 0 Å². The van der Waals surface area contributed by atoms with Crippen molar-refractivity contribution in [3.8, 4) is 0 Å². The number of nitrogens with one attached hydrogen (secondary N) is 1. The van der Waals surface area contributed by atoms with Gasteiger partial charge in [-0.15, -0.1) is 0 Å². The van der Waals surface area contributed by atoms with Gasteiger partial charge >= 0.3 is 0 Å². The molecule has 20 heavy (non-hydrogen) atoms. The summed E-state index contributed by atoms with van der Waals surface area (Å²) in [5.41, 5.74) is 1.96. The van der Waals surface area contributed by atoms with Crippen LogP contribution in [0.2, 0.25) is 0 Å². The summed E-state index contributed by atoms with van der Waals surface area (Å²) in [6.45, 7) is 8.31. The van der Waals surface area contributed by atoms with Crippen LogP contribution in [0.1, 0.15) is 31.9 Å². The molecule has 4 nitrogen and oxygen atoms in total. The first-order valence-corrected chi connectivity index (χ1v) is 8.68. The van der Waals surface area contributed by atoms with Gasteiger partial charge in [-0.05, 0) is 23.6 Å². The van der Waals surface area contributed by atoms with Crippen LogP contribution in [0.3, 0.4) is 0 Å². The topological polar surface area (TPSA) is 49.4 Å². The Morgan fingerprint density at radius 1 is 1.25 bits per heavy atom. The Labute approximate surface area is 123 Å². The second-order valence-electron chi connectivity index (χ2n) is 5.53. The van der Waals surface area contributed by atoms with E-state index in [4.69, 9.17) is 0 Å². The molecule has 0 fully saturated rings. The van der Waals surface area contributed by atoms with Gasteiger partial charge in [0.05, 0.1) is 5.75 Å². The van der Waals surface area contributed by atoms with Crippen LogP contribution in [0.15, 0.2) is 24.3 Å². The van der Waals surface area contributed by atoms with Crippen LogP contribution < -0.4 is 5.32 Å². The van der Waals surface area contributed by atoms with E-state index in [1.807, 2.05) is 38.1 Å². The molecule has 0 aliphatic rings. The Morgan fingerprint density at radius 2 is 1.90 bits per heavy atom. The molecule has 5 heteroatoms. The molecule has 1 aromatic rings. The van der Waals surface area contributed by atoms with E-state index in [1.54, 1.807) is 7.05 Å². The minimum atomic E-state index is -3.23. The Bertz CT molecular complexity index is 512. The number of sulfonamides is 1. The van der Waals surface area contributed by atoms with Crippen LogP contribution >= 0.6 is 0 Å². The molecule has 0 aromatic heterocycles. The molecule has 1 rings (SSSR count). The van der Waals surface area contributed by atoms with Crippen LogP contribution in [0, 0.1) is 5.92 Å². The van der Waals surface area contributed by atoms with Crippen LogP contribution in [0.4, 0.5) is 0 Å². The highest BCUT2D eigenvalue weighted by Crippen LogP contribution is 2.13. The van der Waals surface area contributed by atoms with Gasteiger partial charge in [-0.1, -0.05) is 45.0 Å². The SMILES string of the molecule is CCNCc1cccc(CS(=O)(=O)N(C)CC(C)C)c1. The highest BCUT2D eigenvalue weighted by molar-refractivity contribution is 7.88. The summed E-state index contributed by atoms with van der Waals surface area (Å²) < 4.78 is 26.0. The van der Waals surface area contributed by atoms with Gasteiger partial charge in [0.15, 0.2) is 0 Å². The normalized spacial score (nSPS) is 12.3. The zero-order valence-corrected chi connectivity index (χ0v) is 13.7. The van der Waals surface area contributed by atoms with E-state index >= 15 is 0 Å². The maximum atomic E-state index is 12.3. The summed E-state index contributed by atoms with van der Waals surface area (Å²) in [7, 11) is -1.58. The molecular formula is C15H26N2O2S. The smallest absolute Gasteiger partial charge is 0.218 e. The number of rotatable bonds is 8. The molecular weight excluding hydrogens is 272 g/mol. The van der Waals surface area contributed by atoms with Gasteiger partial charge < -0.3 is 5.32 Å². The zero-order chi connectivity index (χ0) is 15.2. The van der Waals surface area contributed by atoms with Crippen molar-refractivity contribution in [1.82, 2.24) is 9.62 Å². The average molecular weight is 298 g/mol. The van der Waals surface area contributed by atoms with Gasteiger partial charge in [0, 0.05) is 20.1 Å². The molecule has 0 saturated heterocycles. The first-order valence-electron chi connectivity index (χ1n) is 7.07. The van der Waals surface area contributed by atoms with Crippen molar-refractivity contribution >= 4 is 10.0 Å². The molecule has 0 aliphatic carbocycles. The lowest BCUT2D eigenvalue weighted by atomic mass is 10.1. The highest BCUT2D eigenvalue weighted by Gasteiger charge is 2.19. The minimum Gasteiger partial charge on any atom is -0.313 e. The van der Waals surface area contributed by atoms with Gasteiger partial charge in [-0.2, -0.15) is 0 Å². The van der Waals surface area contributed by atoms with Gasteiger partial charge in [-0.25, -0.2) is 12.7 Å². The van der Waals surface area contributed by atoms with E-state index in [1.165, 1.54) is 4.31 Å². The number of hydrogen-bond donors (Lipinski definition) is 1. The molecule has 0 amide bonds. The molecule has 0 spiro atoms. The fourth-order valence-electron chi connectivity index (χ4n) is 2.05. The predicted molar refractivity (Wildman–Crippen MR) is 83.9 cm³/mol. The first kappa shape index (κ1) is 17.1. The third kappa shape index (κ3) is 5.61. The number of nitrogens with zero attached hydrogens (tertiary/aromatic N) is 1. The Balaban J connectivity index is 2.76. The Hall–Kier alpha value is -0.910. The largest absolute Gasteiger partial charge is 0.313 e. The fourth-order valence-corrected chi connectivity index (χ4v) is 3.39. The molecule has 1 aromatic carbocycles. The van der Waals surface area contributed by atoms with Crippen molar-refractivity contribution in [2.24, 2.45) is 5.92 Å². The number of hydrogen-bond acceptors (Lipinski definition) is 3. The van der Waals surface area contributed by atoms with Crippen molar-refractivity contribution in [3.63, 3.8) is 0 Å². The highest BCUT2D eigenvalue weighted by atomic mass is 32.2. The van der Waals surface area contributed by atoms with E-state index in [0.717, 1.165) is 24.2 Å². The van der Waals surface area contributed by atoms with E-state index in [9.17, 15) is 8.42 Å². The quantitative estimate of drug-likeness (QED) is 0.800. The lowest BCUT2D eigenvalue weighted by Crippen LogP contribution is -2.31. The van der Waals surface area contributed by atoms with E-state index < -0.39 is 10.0 Å². The van der Waals surface area contributed by atoms with Crippen molar-refractivity contribution < 1.29 is 8.42 Å². The van der Waals surface area contributed by atoms with Crippen LogP contribution in [-0.4, -0.2) is 32.9 Å². The molecule has 0 radical (unpaired) electrons. The van der Waals surface area contributed by atoms with Crippen molar-refractivity contribution in [1.29, 1.82) is 0 Å². The Morgan fingerprint density at radius 3 is 2.50 bits per heavy atom. The van der Waals surface area contributed by atoms with Crippen molar-refractivity contribution in [3.05, 3.63) is 35.4 Å². The second kappa shape index (κ2) is 7.76. The summed E-state index contributed by atoms with van der Waals surface area (Å²) in [6.07, 6.45) is 0. The first-order chi connectivity index (χ1) is 9.35. The van der Waals surface area contributed by atoms with Gasteiger partial charge in [0.25, 0.3) is 0 Å². The molecule has 114 valence electrons. The van der Waals surface area contributed by atoms with E-state index in [2.05, 4.69) is 12.2 Å². The minimum absolute atomic E-state index is 0.0657. The summed E-state index contributed by atoms with van der Waals surface area (Å²) in [5.74, 6) is 0.394. The van der Waals surface area contributed by atoms with Crippen molar-refractivity contribution in [2.45, 2.75) is 33.1 Å². The standard InChI is InChI=1S/C15H26N2O2S/c1-5-16-10-14-7-6-8-15(9-14)12-20(18,19)17(4)11-13(2)3/h6-9,13,16H,5,10-12H2,1-4H3. The van der Waals surface area contributed by atoms with Gasteiger partial charge in [0.1, 0.15) is 0 Å². The summed E-state index contributed by atoms with van der Waals surface area (Å²) in [6, 6.07) is 7.76.